The van der Waals surface area contributed by atoms with Gasteiger partial charge in [0.2, 0.25) is 10.0 Å². The summed E-state index contributed by atoms with van der Waals surface area (Å²) in [5, 5.41) is 8.21. The van der Waals surface area contributed by atoms with Crippen molar-refractivity contribution in [2.45, 2.75) is 30.9 Å². The molecule has 1 fully saturated rings. The number of sulfonamides is 1. The third kappa shape index (κ3) is 2.59. The Hall–Kier alpha value is -1.12. The van der Waals surface area contributed by atoms with Crippen molar-refractivity contribution in [1.29, 1.82) is 5.26 Å². The van der Waals surface area contributed by atoms with Gasteiger partial charge in [-0.05, 0) is 25.3 Å². The number of nitrogens with zero attached hydrogens (tertiary/aromatic N) is 2. The minimum atomic E-state index is -3.22. The molecule has 0 spiro atoms. The third-order valence-electron chi connectivity index (χ3n) is 3.25. The summed E-state index contributed by atoms with van der Waals surface area (Å²) in [5.41, 5.74) is 0.551. The molecule has 1 aliphatic carbocycles. The second-order valence-electron chi connectivity index (χ2n) is 4.41. The van der Waals surface area contributed by atoms with Crippen LogP contribution in [0.25, 0.3) is 0 Å². The molecular weight excluding hydrogens is 236 g/mol. The average molecular weight is 252 g/mol. The first kappa shape index (κ1) is 12.3. The van der Waals surface area contributed by atoms with Crippen LogP contribution < -0.4 is 0 Å². The molecule has 1 atom stereocenters. The van der Waals surface area contributed by atoms with Crippen LogP contribution in [0.4, 0.5) is 0 Å². The summed E-state index contributed by atoms with van der Waals surface area (Å²) < 4.78 is 26.2. The fraction of sp³-hybridized carbons (Fsp3) is 0.583. The van der Waals surface area contributed by atoms with Crippen molar-refractivity contribution < 1.29 is 8.42 Å². The molecule has 5 heteroatoms. The van der Waals surface area contributed by atoms with Crippen molar-refractivity contribution in [2.75, 3.05) is 13.1 Å². The predicted molar refractivity (Wildman–Crippen MR) is 65.6 cm³/mol. The van der Waals surface area contributed by atoms with Gasteiger partial charge in [-0.25, -0.2) is 12.7 Å². The molecule has 0 radical (unpaired) electrons. The maximum Gasteiger partial charge on any atom is 0.220 e. The third-order valence-corrected chi connectivity index (χ3v) is 5.45. The minimum Gasteiger partial charge on any atom is -0.212 e. The summed E-state index contributed by atoms with van der Waals surface area (Å²) in [6.07, 6.45) is 8.39. The van der Waals surface area contributed by atoms with E-state index in [4.69, 9.17) is 5.26 Å². The van der Waals surface area contributed by atoms with Crippen LogP contribution in [0.15, 0.2) is 23.8 Å². The Bertz CT molecular complexity index is 479. The van der Waals surface area contributed by atoms with Crippen molar-refractivity contribution in [3.05, 3.63) is 23.8 Å². The monoisotopic (exact) mass is 252 g/mol. The molecule has 0 bridgehead atoms. The van der Waals surface area contributed by atoms with Crippen LogP contribution in [-0.4, -0.2) is 31.1 Å². The molecule has 1 saturated heterocycles. The average Bonchev–Trinajstić information content (AvgIpc) is 2.40. The van der Waals surface area contributed by atoms with Gasteiger partial charge in [0.1, 0.15) is 0 Å². The number of rotatable bonds is 2. The highest BCUT2D eigenvalue weighted by molar-refractivity contribution is 7.89. The summed E-state index contributed by atoms with van der Waals surface area (Å²) >= 11 is 0. The summed E-state index contributed by atoms with van der Waals surface area (Å²) in [6, 6.07) is 2.02. The van der Waals surface area contributed by atoms with Crippen LogP contribution in [0, 0.1) is 11.3 Å². The van der Waals surface area contributed by atoms with E-state index in [-0.39, 0.29) is 0 Å². The lowest BCUT2D eigenvalue weighted by molar-refractivity contribution is 0.344. The van der Waals surface area contributed by atoms with Crippen LogP contribution in [-0.2, 0) is 10.0 Å². The smallest absolute Gasteiger partial charge is 0.212 e. The second-order valence-corrected chi connectivity index (χ2v) is 6.56. The lowest BCUT2D eigenvalue weighted by Crippen LogP contribution is -2.41. The number of allylic oxidation sites excluding steroid dienone is 3. The van der Waals surface area contributed by atoms with Gasteiger partial charge in [-0.15, -0.1) is 0 Å². The number of hydrogen-bond acceptors (Lipinski definition) is 3. The van der Waals surface area contributed by atoms with E-state index in [0.29, 0.717) is 25.1 Å². The lowest BCUT2D eigenvalue weighted by Gasteiger charge is -2.29. The molecule has 1 aliphatic heterocycles. The number of piperidine rings is 1. The Morgan fingerprint density at radius 1 is 1.29 bits per heavy atom. The molecule has 2 rings (SSSR count). The van der Waals surface area contributed by atoms with E-state index in [1.165, 1.54) is 0 Å². The highest BCUT2D eigenvalue weighted by Crippen LogP contribution is 2.22. The van der Waals surface area contributed by atoms with Crippen LogP contribution in [0.1, 0.15) is 25.7 Å². The van der Waals surface area contributed by atoms with Crippen LogP contribution in [0.5, 0.6) is 0 Å². The fourth-order valence-corrected chi connectivity index (χ4v) is 3.98. The van der Waals surface area contributed by atoms with Crippen molar-refractivity contribution >= 4 is 10.0 Å². The summed E-state index contributed by atoms with van der Waals surface area (Å²) in [7, 11) is -3.22. The Balaban J connectivity index is 2.10. The van der Waals surface area contributed by atoms with E-state index < -0.39 is 15.3 Å². The van der Waals surface area contributed by atoms with Gasteiger partial charge in [0.05, 0.1) is 11.3 Å². The molecule has 0 aromatic rings. The highest BCUT2D eigenvalue weighted by Gasteiger charge is 2.31. The molecule has 2 aliphatic rings. The Kier molecular flexibility index (Phi) is 3.65. The molecule has 17 heavy (non-hydrogen) atoms. The standard InChI is InChI=1S/C12H16N2O2S/c13-10-11-4-6-12(7-5-11)17(15,16)14-8-2-1-3-9-14/h4-6,12H,1-3,7-9H2. The number of nitriles is 1. The molecule has 4 nitrogen and oxygen atoms in total. The molecule has 1 unspecified atom stereocenters. The van der Waals surface area contributed by atoms with Gasteiger partial charge in [0, 0.05) is 18.7 Å². The second kappa shape index (κ2) is 5.03. The van der Waals surface area contributed by atoms with Crippen molar-refractivity contribution in [3.8, 4) is 6.07 Å². The summed E-state index contributed by atoms with van der Waals surface area (Å²) in [5.74, 6) is 0. The van der Waals surface area contributed by atoms with E-state index in [1.54, 1.807) is 22.5 Å². The van der Waals surface area contributed by atoms with Crippen molar-refractivity contribution in [1.82, 2.24) is 4.31 Å². The van der Waals surface area contributed by atoms with Crippen molar-refractivity contribution in [2.24, 2.45) is 0 Å². The van der Waals surface area contributed by atoms with Gasteiger partial charge in [0.25, 0.3) is 0 Å². The zero-order valence-corrected chi connectivity index (χ0v) is 10.5. The molecule has 0 N–H and O–H groups in total. The van der Waals surface area contributed by atoms with Gasteiger partial charge in [0.15, 0.2) is 0 Å². The van der Waals surface area contributed by atoms with E-state index in [9.17, 15) is 8.42 Å². The van der Waals surface area contributed by atoms with Crippen molar-refractivity contribution in [3.63, 3.8) is 0 Å². The Morgan fingerprint density at radius 2 is 2.00 bits per heavy atom. The first-order valence-electron chi connectivity index (χ1n) is 5.92. The summed E-state index contributed by atoms with van der Waals surface area (Å²) in [4.78, 5) is 0. The van der Waals surface area contributed by atoms with Gasteiger partial charge in [-0.3, -0.25) is 0 Å². The van der Waals surface area contributed by atoms with Gasteiger partial charge in [-0.1, -0.05) is 18.6 Å². The molecule has 0 aromatic carbocycles. The zero-order valence-electron chi connectivity index (χ0n) is 9.67. The molecule has 1 heterocycles. The topological polar surface area (TPSA) is 61.2 Å². The van der Waals surface area contributed by atoms with E-state index in [1.807, 2.05) is 6.07 Å². The molecule has 92 valence electrons. The summed E-state index contributed by atoms with van der Waals surface area (Å²) in [6.45, 7) is 1.28. The fourth-order valence-electron chi connectivity index (χ4n) is 2.22. The highest BCUT2D eigenvalue weighted by atomic mass is 32.2. The maximum absolute atomic E-state index is 12.3. The quantitative estimate of drug-likeness (QED) is 0.749. The van der Waals surface area contributed by atoms with Gasteiger partial charge < -0.3 is 0 Å². The van der Waals surface area contributed by atoms with E-state index >= 15 is 0 Å². The van der Waals surface area contributed by atoms with Crippen LogP contribution in [0.2, 0.25) is 0 Å². The normalized spacial score (nSPS) is 26.3. The zero-order chi connectivity index (χ0) is 12.3. The largest absolute Gasteiger partial charge is 0.220 e. The Labute approximate surface area is 102 Å². The van der Waals surface area contributed by atoms with Gasteiger partial charge in [-0.2, -0.15) is 5.26 Å². The molecule has 0 aromatic heterocycles. The molecule has 0 saturated carbocycles. The first-order chi connectivity index (χ1) is 8.14. The van der Waals surface area contributed by atoms with E-state index in [2.05, 4.69) is 0 Å². The van der Waals surface area contributed by atoms with Crippen LogP contribution >= 0.6 is 0 Å². The van der Waals surface area contributed by atoms with Gasteiger partial charge >= 0.3 is 0 Å². The Morgan fingerprint density at radius 3 is 2.53 bits per heavy atom. The maximum atomic E-state index is 12.3. The predicted octanol–water partition coefficient (Wildman–Crippen LogP) is 1.58. The number of hydrogen-bond donors (Lipinski definition) is 0. The first-order valence-corrected chi connectivity index (χ1v) is 7.42. The molecular formula is C12H16N2O2S. The SMILES string of the molecule is N#CC1=CCC(S(=O)(=O)N2CCCCC2)C=C1. The molecule has 0 amide bonds. The lowest BCUT2D eigenvalue weighted by atomic mass is 10.1. The van der Waals surface area contributed by atoms with Crippen LogP contribution in [0.3, 0.4) is 0 Å². The minimum absolute atomic E-state index is 0.415. The van der Waals surface area contributed by atoms with E-state index in [0.717, 1.165) is 19.3 Å².